The largest absolute Gasteiger partial charge is 0.350 e. The molecule has 3 rings (SSSR count). The van der Waals surface area contributed by atoms with E-state index in [1.807, 2.05) is 24.3 Å². The molecule has 0 atom stereocenters. The molecule has 1 amide bonds. The highest BCUT2D eigenvalue weighted by atomic mass is 35.5. The second kappa shape index (κ2) is 5.93. The van der Waals surface area contributed by atoms with Crippen molar-refractivity contribution in [2.75, 3.05) is 6.54 Å². The molecule has 3 aromatic rings. The average molecular weight is 301 g/mol. The molecule has 0 saturated heterocycles. The van der Waals surface area contributed by atoms with Gasteiger partial charge in [-0.15, -0.1) is 0 Å². The van der Waals surface area contributed by atoms with Gasteiger partial charge in [0, 0.05) is 30.0 Å². The van der Waals surface area contributed by atoms with Crippen LogP contribution in [-0.4, -0.2) is 27.0 Å². The van der Waals surface area contributed by atoms with Crippen LogP contribution in [-0.2, 0) is 6.42 Å². The molecule has 5 nitrogen and oxygen atoms in total. The number of carbonyl (C=O) groups is 1. The molecule has 1 aromatic carbocycles. The van der Waals surface area contributed by atoms with Crippen molar-refractivity contribution in [3.8, 4) is 0 Å². The Kier molecular flexibility index (Phi) is 3.83. The highest BCUT2D eigenvalue weighted by Gasteiger charge is 2.10. The smallest absolute Gasteiger partial charge is 0.271 e. The van der Waals surface area contributed by atoms with Gasteiger partial charge in [0.1, 0.15) is 0 Å². The quantitative estimate of drug-likeness (QED) is 0.804. The molecule has 0 unspecified atom stereocenters. The fourth-order valence-corrected chi connectivity index (χ4v) is 2.13. The summed E-state index contributed by atoms with van der Waals surface area (Å²) in [5.41, 5.74) is 2.14. The summed E-state index contributed by atoms with van der Waals surface area (Å²) in [5.74, 6) is -0.200. The molecule has 0 saturated carbocycles. The zero-order chi connectivity index (χ0) is 14.7. The number of halogens is 1. The molecule has 0 aliphatic rings. The van der Waals surface area contributed by atoms with Crippen molar-refractivity contribution < 1.29 is 4.79 Å². The van der Waals surface area contributed by atoms with Gasteiger partial charge in [-0.1, -0.05) is 23.7 Å². The molecule has 2 heterocycles. The van der Waals surface area contributed by atoms with Gasteiger partial charge in [0.15, 0.2) is 11.3 Å². The Hall–Kier alpha value is -2.40. The summed E-state index contributed by atoms with van der Waals surface area (Å²) in [6, 6.07) is 11.0. The number of rotatable bonds is 4. The Bertz CT molecular complexity index is 734. The van der Waals surface area contributed by atoms with Crippen molar-refractivity contribution in [2.45, 2.75) is 6.42 Å². The first-order chi connectivity index (χ1) is 10.2. The van der Waals surface area contributed by atoms with Gasteiger partial charge in [0.2, 0.25) is 0 Å². The highest BCUT2D eigenvalue weighted by molar-refractivity contribution is 6.30. The monoisotopic (exact) mass is 300 g/mol. The molecular formula is C15H13ClN4O. The number of nitrogens with zero attached hydrogens (tertiary/aromatic N) is 3. The third-order valence-electron chi connectivity index (χ3n) is 3.08. The maximum Gasteiger partial charge on any atom is 0.271 e. The van der Waals surface area contributed by atoms with E-state index in [0.717, 1.165) is 12.0 Å². The van der Waals surface area contributed by atoms with Crippen molar-refractivity contribution >= 4 is 23.2 Å². The van der Waals surface area contributed by atoms with Crippen LogP contribution in [0.1, 0.15) is 16.1 Å². The summed E-state index contributed by atoms with van der Waals surface area (Å²) in [7, 11) is 0. The molecule has 1 N–H and O–H groups in total. The van der Waals surface area contributed by atoms with Crippen LogP contribution in [0.5, 0.6) is 0 Å². The van der Waals surface area contributed by atoms with Crippen molar-refractivity contribution in [3.05, 3.63) is 65.1 Å². The standard InChI is InChI=1S/C15H13ClN4O/c16-12-4-2-11(3-5-12)6-8-18-15(21)13-10-14-17-7-1-9-20(14)19-13/h1-5,7,9-10H,6,8H2,(H,18,21). The maximum absolute atomic E-state index is 12.0. The van der Waals surface area contributed by atoms with Crippen LogP contribution in [0.4, 0.5) is 0 Å². The summed E-state index contributed by atoms with van der Waals surface area (Å²) in [6.45, 7) is 0.543. The van der Waals surface area contributed by atoms with E-state index in [9.17, 15) is 4.79 Å². The Balaban J connectivity index is 1.60. The molecule has 0 fully saturated rings. The second-order valence-electron chi connectivity index (χ2n) is 4.58. The lowest BCUT2D eigenvalue weighted by Gasteiger charge is -2.03. The molecule has 0 aliphatic carbocycles. The number of hydrogen-bond acceptors (Lipinski definition) is 3. The van der Waals surface area contributed by atoms with E-state index in [4.69, 9.17) is 11.6 Å². The van der Waals surface area contributed by atoms with Crippen LogP contribution in [0.15, 0.2) is 48.8 Å². The van der Waals surface area contributed by atoms with E-state index in [1.165, 1.54) is 0 Å². The maximum atomic E-state index is 12.0. The molecule has 0 spiro atoms. The lowest BCUT2D eigenvalue weighted by atomic mass is 10.1. The van der Waals surface area contributed by atoms with E-state index < -0.39 is 0 Å². The second-order valence-corrected chi connectivity index (χ2v) is 5.02. The van der Waals surface area contributed by atoms with E-state index in [2.05, 4.69) is 15.4 Å². The van der Waals surface area contributed by atoms with Crippen molar-refractivity contribution in [2.24, 2.45) is 0 Å². The van der Waals surface area contributed by atoms with Crippen LogP contribution < -0.4 is 5.32 Å². The van der Waals surface area contributed by atoms with Crippen molar-refractivity contribution in [1.82, 2.24) is 19.9 Å². The number of benzene rings is 1. The van der Waals surface area contributed by atoms with Gasteiger partial charge >= 0.3 is 0 Å². The number of aromatic nitrogens is 3. The average Bonchev–Trinajstić information content (AvgIpc) is 2.93. The predicted octanol–water partition coefficient (Wildman–Crippen LogP) is 2.36. The minimum absolute atomic E-state index is 0.200. The highest BCUT2D eigenvalue weighted by Crippen LogP contribution is 2.09. The molecule has 0 radical (unpaired) electrons. The Morgan fingerprint density at radius 2 is 2.10 bits per heavy atom. The topological polar surface area (TPSA) is 59.3 Å². The van der Waals surface area contributed by atoms with E-state index in [1.54, 1.807) is 29.0 Å². The van der Waals surface area contributed by atoms with Crippen LogP contribution >= 0.6 is 11.6 Å². The molecular weight excluding hydrogens is 288 g/mol. The van der Waals surface area contributed by atoms with Crippen LogP contribution in [0.2, 0.25) is 5.02 Å². The third-order valence-corrected chi connectivity index (χ3v) is 3.33. The first-order valence-corrected chi connectivity index (χ1v) is 6.93. The summed E-state index contributed by atoms with van der Waals surface area (Å²) < 4.78 is 1.58. The minimum Gasteiger partial charge on any atom is -0.350 e. The Morgan fingerprint density at radius 3 is 2.86 bits per heavy atom. The van der Waals surface area contributed by atoms with Gasteiger partial charge in [-0.2, -0.15) is 5.10 Å². The number of amides is 1. The summed E-state index contributed by atoms with van der Waals surface area (Å²) >= 11 is 5.83. The van der Waals surface area contributed by atoms with Crippen LogP contribution in [0, 0.1) is 0 Å². The number of fused-ring (bicyclic) bond motifs is 1. The SMILES string of the molecule is O=C(NCCc1ccc(Cl)cc1)c1cc2ncccn2n1. The fraction of sp³-hybridized carbons (Fsp3) is 0.133. The predicted molar refractivity (Wildman–Crippen MR) is 80.5 cm³/mol. The van der Waals surface area contributed by atoms with E-state index >= 15 is 0 Å². The Morgan fingerprint density at radius 1 is 1.29 bits per heavy atom. The van der Waals surface area contributed by atoms with Crippen molar-refractivity contribution in [1.29, 1.82) is 0 Å². The number of carbonyl (C=O) groups excluding carboxylic acids is 1. The third kappa shape index (κ3) is 3.20. The lowest BCUT2D eigenvalue weighted by molar-refractivity contribution is 0.0949. The molecule has 2 aromatic heterocycles. The van der Waals surface area contributed by atoms with Gasteiger partial charge in [-0.05, 0) is 30.2 Å². The fourth-order valence-electron chi connectivity index (χ4n) is 2.00. The van der Waals surface area contributed by atoms with Gasteiger partial charge in [-0.3, -0.25) is 4.79 Å². The molecule has 106 valence electrons. The normalized spacial score (nSPS) is 10.7. The minimum atomic E-state index is -0.200. The Labute approximate surface area is 126 Å². The van der Waals surface area contributed by atoms with E-state index in [-0.39, 0.29) is 5.91 Å². The lowest BCUT2D eigenvalue weighted by Crippen LogP contribution is -2.26. The summed E-state index contributed by atoms with van der Waals surface area (Å²) in [6.07, 6.45) is 4.17. The first kappa shape index (κ1) is 13.6. The van der Waals surface area contributed by atoms with Crippen LogP contribution in [0.25, 0.3) is 5.65 Å². The van der Waals surface area contributed by atoms with E-state index in [0.29, 0.717) is 22.9 Å². The number of hydrogen-bond donors (Lipinski definition) is 1. The van der Waals surface area contributed by atoms with Gasteiger partial charge in [-0.25, -0.2) is 9.50 Å². The molecule has 21 heavy (non-hydrogen) atoms. The molecule has 0 bridgehead atoms. The van der Waals surface area contributed by atoms with Gasteiger partial charge in [0.25, 0.3) is 5.91 Å². The molecule has 0 aliphatic heterocycles. The van der Waals surface area contributed by atoms with Gasteiger partial charge in [0.05, 0.1) is 0 Å². The zero-order valence-electron chi connectivity index (χ0n) is 11.2. The first-order valence-electron chi connectivity index (χ1n) is 6.55. The van der Waals surface area contributed by atoms with Crippen molar-refractivity contribution in [3.63, 3.8) is 0 Å². The number of nitrogens with one attached hydrogen (secondary N) is 1. The molecule has 6 heteroatoms. The van der Waals surface area contributed by atoms with Gasteiger partial charge < -0.3 is 5.32 Å². The summed E-state index contributed by atoms with van der Waals surface area (Å²) in [4.78, 5) is 16.2. The zero-order valence-corrected chi connectivity index (χ0v) is 11.9. The summed E-state index contributed by atoms with van der Waals surface area (Å²) in [5, 5.41) is 7.73. The van der Waals surface area contributed by atoms with Crippen LogP contribution in [0.3, 0.4) is 0 Å².